The van der Waals surface area contributed by atoms with Crippen LogP contribution < -0.4 is 10.6 Å². The average molecular weight is 200 g/mol. The first-order valence-corrected chi connectivity index (χ1v) is 4.88. The molecule has 15 heavy (non-hydrogen) atoms. The second-order valence-electron chi connectivity index (χ2n) is 3.91. The van der Waals surface area contributed by atoms with Crippen molar-refractivity contribution in [3.63, 3.8) is 0 Å². The van der Waals surface area contributed by atoms with Gasteiger partial charge in [0, 0.05) is 30.9 Å². The summed E-state index contributed by atoms with van der Waals surface area (Å²) < 4.78 is 0. The van der Waals surface area contributed by atoms with E-state index in [1.54, 1.807) is 6.07 Å². The van der Waals surface area contributed by atoms with Gasteiger partial charge in [-0.3, -0.25) is 4.98 Å². The van der Waals surface area contributed by atoms with Crippen LogP contribution in [0.2, 0.25) is 0 Å². The summed E-state index contributed by atoms with van der Waals surface area (Å²) >= 11 is 0. The molecule has 0 bridgehead atoms. The molecule has 2 aromatic rings. The minimum Gasteiger partial charge on any atom is -0.377 e. The molecule has 1 radical (unpaired) electrons. The highest BCUT2D eigenvalue weighted by Crippen LogP contribution is 2.27. The number of nitrogens with one attached hydrogen (secondary N) is 1. The standard InChI is InChI=1S/C12H14N3/c1-8-6-12(15(2)3)10-7-9(13)4-5-11(10)14-8/h4-7,13H,1-3H3. The van der Waals surface area contributed by atoms with Crippen LogP contribution in [-0.2, 0) is 0 Å². The molecule has 0 amide bonds. The average Bonchev–Trinajstić information content (AvgIpc) is 2.17. The van der Waals surface area contributed by atoms with Crippen molar-refractivity contribution < 1.29 is 0 Å². The lowest BCUT2D eigenvalue weighted by Gasteiger charge is -2.16. The van der Waals surface area contributed by atoms with Gasteiger partial charge in [-0.05, 0) is 31.2 Å². The Bertz CT molecular complexity index is 503. The van der Waals surface area contributed by atoms with E-state index in [0.29, 0.717) is 5.69 Å². The minimum atomic E-state index is 0.524. The summed E-state index contributed by atoms with van der Waals surface area (Å²) in [7, 11) is 4.01. The van der Waals surface area contributed by atoms with E-state index in [-0.39, 0.29) is 0 Å². The lowest BCUT2D eigenvalue weighted by atomic mass is 10.1. The van der Waals surface area contributed by atoms with Gasteiger partial charge in [-0.1, -0.05) is 0 Å². The topological polar surface area (TPSA) is 39.9 Å². The number of fused-ring (bicyclic) bond motifs is 1. The molecular weight excluding hydrogens is 186 g/mol. The van der Waals surface area contributed by atoms with Crippen LogP contribution in [0.15, 0.2) is 24.3 Å². The maximum atomic E-state index is 7.62. The first kappa shape index (κ1) is 9.77. The molecule has 0 aliphatic rings. The number of hydrogen-bond acceptors (Lipinski definition) is 2. The summed E-state index contributed by atoms with van der Waals surface area (Å²) in [5, 5.41) is 1.04. The van der Waals surface area contributed by atoms with Gasteiger partial charge in [-0.15, -0.1) is 0 Å². The zero-order valence-electron chi connectivity index (χ0n) is 9.20. The molecule has 1 aromatic carbocycles. The lowest BCUT2D eigenvalue weighted by molar-refractivity contribution is 1.12. The quantitative estimate of drug-likeness (QED) is 0.709. The number of anilines is 1. The van der Waals surface area contributed by atoms with E-state index in [4.69, 9.17) is 5.73 Å². The third kappa shape index (κ3) is 1.73. The summed E-state index contributed by atoms with van der Waals surface area (Å²) in [4.78, 5) is 6.50. The maximum Gasteiger partial charge on any atom is 0.0727 e. The number of benzene rings is 1. The van der Waals surface area contributed by atoms with Gasteiger partial charge in [0.1, 0.15) is 0 Å². The van der Waals surface area contributed by atoms with Gasteiger partial charge in [-0.25, -0.2) is 0 Å². The second kappa shape index (κ2) is 3.42. The highest BCUT2D eigenvalue weighted by molar-refractivity contribution is 5.93. The fourth-order valence-corrected chi connectivity index (χ4v) is 1.71. The van der Waals surface area contributed by atoms with Crippen molar-refractivity contribution in [2.45, 2.75) is 6.92 Å². The molecule has 2 rings (SSSR count). The van der Waals surface area contributed by atoms with Gasteiger partial charge in [0.15, 0.2) is 0 Å². The first-order chi connectivity index (χ1) is 7.08. The van der Waals surface area contributed by atoms with Crippen LogP contribution in [-0.4, -0.2) is 19.1 Å². The fourth-order valence-electron chi connectivity index (χ4n) is 1.71. The molecule has 0 saturated heterocycles. The molecular formula is C12H14N3. The monoisotopic (exact) mass is 200 g/mol. The van der Waals surface area contributed by atoms with E-state index < -0.39 is 0 Å². The summed E-state index contributed by atoms with van der Waals surface area (Å²) in [6.45, 7) is 1.99. The molecule has 0 aliphatic heterocycles. The summed E-state index contributed by atoms with van der Waals surface area (Å²) in [6, 6.07) is 7.57. The predicted octanol–water partition coefficient (Wildman–Crippen LogP) is 2.52. The van der Waals surface area contributed by atoms with Crippen molar-refractivity contribution in [2.24, 2.45) is 0 Å². The normalized spacial score (nSPS) is 10.6. The van der Waals surface area contributed by atoms with Crippen LogP contribution in [0.25, 0.3) is 10.9 Å². The molecule has 0 spiro atoms. The van der Waals surface area contributed by atoms with Crippen molar-refractivity contribution in [2.75, 3.05) is 19.0 Å². The van der Waals surface area contributed by atoms with E-state index in [2.05, 4.69) is 9.88 Å². The molecule has 1 N–H and O–H groups in total. The van der Waals surface area contributed by atoms with Crippen molar-refractivity contribution >= 4 is 22.3 Å². The van der Waals surface area contributed by atoms with Gasteiger partial charge in [0.05, 0.1) is 11.2 Å². The molecule has 1 aromatic heterocycles. The molecule has 0 atom stereocenters. The number of rotatable bonds is 1. The van der Waals surface area contributed by atoms with E-state index in [1.807, 2.05) is 39.2 Å². The van der Waals surface area contributed by atoms with Crippen molar-refractivity contribution in [3.05, 3.63) is 30.0 Å². The van der Waals surface area contributed by atoms with Crippen LogP contribution in [0.3, 0.4) is 0 Å². The summed E-state index contributed by atoms with van der Waals surface area (Å²) in [5.41, 5.74) is 11.2. The van der Waals surface area contributed by atoms with E-state index in [1.165, 1.54) is 0 Å². The van der Waals surface area contributed by atoms with Crippen molar-refractivity contribution in [1.29, 1.82) is 0 Å². The molecule has 3 nitrogen and oxygen atoms in total. The van der Waals surface area contributed by atoms with Crippen LogP contribution >= 0.6 is 0 Å². The molecule has 0 aliphatic carbocycles. The van der Waals surface area contributed by atoms with Gasteiger partial charge in [-0.2, -0.15) is 0 Å². The number of pyridine rings is 1. The molecule has 0 fully saturated rings. The summed E-state index contributed by atoms with van der Waals surface area (Å²) in [5.74, 6) is 0. The Labute approximate surface area is 89.5 Å². The van der Waals surface area contributed by atoms with Crippen LogP contribution in [0, 0.1) is 6.92 Å². The minimum absolute atomic E-state index is 0.524. The molecule has 3 heteroatoms. The Morgan fingerprint density at radius 3 is 2.60 bits per heavy atom. The van der Waals surface area contributed by atoms with Gasteiger partial charge in [0.25, 0.3) is 0 Å². The SMILES string of the molecule is Cc1cc(N(C)C)c2cc([NH])ccc2n1. The van der Waals surface area contributed by atoms with Crippen LogP contribution in [0.5, 0.6) is 0 Å². The Kier molecular flexibility index (Phi) is 2.23. The smallest absolute Gasteiger partial charge is 0.0727 e. The Balaban J connectivity index is 2.81. The molecule has 1 heterocycles. The Morgan fingerprint density at radius 2 is 1.93 bits per heavy atom. The summed E-state index contributed by atoms with van der Waals surface area (Å²) in [6.07, 6.45) is 0. The van der Waals surface area contributed by atoms with Gasteiger partial charge in [0.2, 0.25) is 0 Å². The van der Waals surface area contributed by atoms with Crippen LogP contribution in [0.4, 0.5) is 11.4 Å². The zero-order valence-corrected chi connectivity index (χ0v) is 9.20. The molecule has 0 saturated carbocycles. The Hall–Kier alpha value is -1.77. The van der Waals surface area contributed by atoms with Crippen LogP contribution in [0.1, 0.15) is 5.69 Å². The van der Waals surface area contributed by atoms with Gasteiger partial charge >= 0.3 is 0 Å². The predicted molar refractivity (Wildman–Crippen MR) is 63.6 cm³/mol. The van der Waals surface area contributed by atoms with Crippen molar-refractivity contribution in [3.8, 4) is 0 Å². The Morgan fingerprint density at radius 1 is 1.20 bits per heavy atom. The number of hydrogen-bond donors (Lipinski definition) is 0. The van der Waals surface area contributed by atoms with Crippen molar-refractivity contribution in [1.82, 2.24) is 10.7 Å². The van der Waals surface area contributed by atoms with E-state index in [9.17, 15) is 0 Å². The first-order valence-electron chi connectivity index (χ1n) is 4.88. The lowest BCUT2D eigenvalue weighted by Crippen LogP contribution is -2.09. The number of nitrogens with zero attached hydrogens (tertiary/aromatic N) is 2. The second-order valence-corrected chi connectivity index (χ2v) is 3.91. The van der Waals surface area contributed by atoms with E-state index in [0.717, 1.165) is 22.3 Å². The fraction of sp³-hybridized carbons (Fsp3) is 0.250. The largest absolute Gasteiger partial charge is 0.377 e. The zero-order chi connectivity index (χ0) is 11.0. The van der Waals surface area contributed by atoms with E-state index >= 15 is 0 Å². The third-order valence-corrected chi connectivity index (χ3v) is 2.40. The highest BCUT2D eigenvalue weighted by Gasteiger charge is 2.05. The molecule has 77 valence electrons. The highest BCUT2D eigenvalue weighted by atomic mass is 15.1. The number of aryl methyl sites for hydroxylation is 1. The molecule has 0 unspecified atom stereocenters. The number of aromatic nitrogens is 1. The maximum absolute atomic E-state index is 7.62. The third-order valence-electron chi connectivity index (χ3n) is 2.40. The van der Waals surface area contributed by atoms with Gasteiger partial charge < -0.3 is 10.6 Å².